The molecule has 3 aromatic heterocycles. The number of amides is 1. The second kappa shape index (κ2) is 8.27. The van der Waals surface area contributed by atoms with E-state index in [9.17, 15) is 18.0 Å². The quantitative estimate of drug-likeness (QED) is 0.609. The fourth-order valence-corrected chi connectivity index (χ4v) is 4.11. The van der Waals surface area contributed by atoms with E-state index in [0.29, 0.717) is 38.0 Å². The standard InChI is InChI=1S/C20H23F3N6O2/c1-3-14-7-15(20(21,22)23)16-17(27-31-18(16)26-14)13-5-4-6-28(9-13)19(30)12(2)8-29-11-24-10-25-29/h7,10-13H,3-6,8-9H2,1-2H3/t12-,13-/m0/s1. The van der Waals surface area contributed by atoms with E-state index < -0.39 is 11.7 Å². The second-order valence-corrected chi connectivity index (χ2v) is 7.90. The summed E-state index contributed by atoms with van der Waals surface area (Å²) in [4.78, 5) is 22.7. The van der Waals surface area contributed by atoms with Crippen molar-refractivity contribution in [2.45, 2.75) is 51.7 Å². The Hall–Kier alpha value is -2.98. The van der Waals surface area contributed by atoms with Crippen LogP contribution in [0.1, 0.15) is 49.6 Å². The summed E-state index contributed by atoms with van der Waals surface area (Å²) >= 11 is 0. The van der Waals surface area contributed by atoms with Crippen molar-refractivity contribution in [2.24, 2.45) is 5.92 Å². The van der Waals surface area contributed by atoms with E-state index in [-0.39, 0.29) is 41.1 Å². The van der Waals surface area contributed by atoms with Gasteiger partial charge in [0, 0.05) is 24.7 Å². The van der Waals surface area contributed by atoms with Crippen molar-refractivity contribution in [3.05, 3.63) is 35.7 Å². The van der Waals surface area contributed by atoms with Crippen LogP contribution in [0.15, 0.2) is 23.2 Å². The van der Waals surface area contributed by atoms with Crippen LogP contribution in [0.4, 0.5) is 13.2 Å². The highest BCUT2D eigenvalue weighted by atomic mass is 19.4. The van der Waals surface area contributed by atoms with Crippen LogP contribution in [0, 0.1) is 5.92 Å². The molecule has 1 aliphatic rings. The number of likely N-dealkylation sites (tertiary alicyclic amines) is 1. The molecule has 1 amide bonds. The van der Waals surface area contributed by atoms with E-state index in [0.717, 1.165) is 6.07 Å². The number of piperidine rings is 1. The first-order valence-electron chi connectivity index (χ1n) is 10.3. The molecule has 1 saturated heterocycles. The number of pyridine rings is 1. The summed E-state index contributed by atoms with van der Waals surface area (Å²) in [5, 5.41) is 7.89. The molecule has 0 saturated carbocycles. The molecule has 1 aliphatic heterocycles. The molecule has 8 nitrogen and oxygen atoms in total. The number of hydrogen-bond donors (Lipinski definition) is 0. The zero-order chi connectivity index (χ0) is 22.2. The first kappa shape index (κ1) is 21.3. The normalized spacial score (nSPS) is 18.5. The van der Waals surface area contributed by atoms with Crippen LogP contribution >= 0.6 is 0 Å². The zero-order valence-electron chi connectivity index (χ0n) is 17.3. The molecular weight excluding hydrogens is 413 g/mol. The Morgan fingerprint density at radius 3 is 2.87 bits per heavy atom. The maximum atomic E-state index is 13.8. The van der Waals surface area contributed by atoms with Crippen molar-refractivity contribution < 1.29 is 22.5 Å². The fraction of sp³-hybridized carbons (Fsp3) is 0.550. The second-order valence-electron chi connectivity index (χ2n) is 7.90. The van der Waals surface area contributed by atoms with Crippen molar-refractivity contribution in [3.8, 4) is 0 Å². The molecule has 1 fully saturated rings. The van der Waals surface area contributed by atoms with E-state index in [1.54, 1.807) is 29.8 Å². The van der Waals surface area contributed by atoms with Gasteiger partial charge in [-0.3, -0.25) is 9.48 Å². The lowest BCUT2D eigenvalue weighted by Gasteiger charge is -2.33. The average molecular weight is 436 g/mol. The number of fused-ring (bicyclic) bond motifs is 1. The first-order valence-corrected chi connectivity index (χ1v) is 10.3. The Morgan fingerprint density at radius 1 is 1.39 bits per heavy atom. The molecule has 4 heterocycles. The SMILES string of the molecule is CCc1cc(C(F)(F)F)c2c([C@H]3CCCN(C(=O)[C@@H](C)Cn4cncn4)C3)noc2n1. The van der Waals surface area contributed by atoms with E-state index in [1.165, 1.54) is 6.33 Å². The molecule has 0 aliphatic carbocycles. The minimum Gasteiger partial charge on any atom is -0.342 e. The molecule has 166 valence electrons. The molecule has 4 rings (SSSR count). The van der Waals surface area contributed by atoms with Gasteiger partial charge < -0.3 is 9.42 Å². The number of alkyl halides is 3. The van der Waals surface area contributed by atoms with Gasteiger partial charge in [-0.15, -0.1) is 0 Å². The van der Waals surface area contributed by atoms with E-state index in [1.807, 2.05) is 0 Å². The van der Waals surface area contributed by atoms with Crippen LogP contribution < -0.4 is 0 Å². The maximum absolute atomic E-state index is 13.8. The van der Waals surface area contributed by atoms with Gasteiger partial charge in [0.05, 0.1) is 29.1 Å². The maximum Gasteiger partial charge on any atom is 0.417 e. The lowest BCUT2D eigenvalue weighted by Crippen LogP contribution is -2.42. The third kappa shape index (κ3) is 4.26. The van der Waals surface area contributed by atoms with Crippen molar-refractivity contribution in [1.82, 2.24) is 29.8 Å². The molecule has 3 aromatic rings. The molecule has 31 heavy (non-hydrogen) atoms. The third-order valence-electron chi connectivity index (χ3n) is 5.66. The van der Waals surface area contributed by atoms with E-state index in [2.05, 4.69) is 20.2 Å². The molecular formula is C20H23F3N6O2. The van der Waals surface area contributed by atoms with Gasteiger partial charge in [-0.2, -0.15) is 18.3 Å². The highest BCUT2D eigenvalue weighted by molar-refractivity contribution is 5.82. The lowest BCUT2D eigenvalue weighted by molar-refractivity contribution is -0.137. The number of rotatable bonds is 5. The van der Waals surface area contributed by atoms with Gasteiger partial charge >= 0.3 is 6.18 Å². The number of aromatic nitrogens is 5. The van der Waals surface area contributed by atoms with Gasteiger partial charge in [0.1, 0.15) is 12.7 Å². The Morgan fingerprint density at radius 2 is 2.19 bits per heavy atom. The van der Waals surface area contributed by atoms with Crippen LogP contribution in [0.25, 0.3) is 11.1 Å². The number of aryl methyl sites for hydroxylation is 1. The molecule has 11 heteroatoms. The lowest BCUT2D eigenvalue weighted by atomic mass is 9.91. The Balaban J connectivity index is 1.60. The van der Waals surface area contributed by atoms with Crippen molar-refractivity contribution in [3.63, 3.8) is 0 Å². The van der Waals surface area contributed by atoms with E-state index >= 15 is 0 Å². The molecule has 0 unspecified atom stereocenters. The predicted octanol–water partition coefficient (Wildman–Crippen LogP) is 3.44. The van der Waals surface area contributed by atoms with Crippen molar-refractivity contribution in [1.29, 1.82) is 0 Å². The minimum absolute atomic E-state index is 0.0737. The summed E-state index contributed by atoms with van der Waals surface area (Å²) in [6, 6.07) is 1.06. The van der Waals surface area contributed by atoms with Gasteiger partial charge in [-0.25, -0.2) is 9.97 Å². The van der Waals surface area contributed by atoms with Crippen LogP contribution in [0.2, 0.25) is 0 Å². The number of nitrogens with zero attached hydrogens (tertiary/aromatic N) is 6. The van der Waals surface area contributed by atoms with Gasteiger partial charge in [-0.05, 0) is 25.3 Å². The summed E-state index contributed by atoms with van der Waals surface area (Å²) in [6.45, 7) is 4.76. The topological polar surface area (TPSA) is 89.9 Å². The molecule has 0 radical (unpaired) electrons. The summed E-state index contributed by atoms with van der Waals surface area (Å²) < 4.78 is 48.1. The van der Waals surface area contributed by atoms with Gasteiger partial charge in [0.2, 0.25) is 5.91 Å². The highest BCUT2D eigenvalue weighted by Crippen LogP contribution is 2.40. The van der Waals surface area contributed by atoms with Crippen molar-refractivity contribution in [2.75, 3.05) is 13.1 Å². The van der Waals surface area contributed by atoms with Crippen LogP contribution in [0.5, 0.6) is 0 Å². The summed E-state index contributed by atoms with van der Waals surface area (Å²) in [5.74, 6) is -0.766. The summed E-state index contributed by atoms with van der Waals surface area (Å²) in [6.07, 6.45) is 0.0330. The minimum atomic E-state index is -4.55. The number of halogens is 3. The molecule has 0 spiro atoms. The monoisotopic (exact) mass is 436 g/mol. The molecule has 0 bridgehead atoms. The Bertz CT molecular complexity index is 1060. The largest absolute Gasteiger partial charge is 0.417 e. The van der Waals surface area contributed by atoms with Crippen molar-refractivity contribution >= 4 is 17.0 Å². The fourth-order valence-electron chi connectivity index (χ4n) is 4.11. The Labute approximate surface area is 176 Å². The van der Waals surface area contributed by atoms with E-state index in [4.69, 9.17) is 4.52 Å². The molecule has 0 aromatic carbocycles. The highest BCUT2D eigenvalue weighted by Gasteiger charge is 2.38. The molecule has 2 atom stereocenters. The third-order valence-corrected chi connectivity index (χ3v) is 5.66. The number of carbonyl (C=O) groups is 1. The first-order chi connectivity index (χ1) is 14.8. The smallest absolute Gasteiger partial charge is 0.342 e. The Kier molecular flexibility index (Phi) is 5.67. The predicted molar refractivity (Wildman–Crippen MR) is 104 cm³/mol. The van der Waals surface area contributed by atoms with Gasteiger partial charge in [-0.1, -0.05) is 19.0 Å². The average Bonchev–Trinajstić information content (AvgIpc) is 3.41. The number of hydrogen-bond acceptors (Lipinski definition) is 6. The van der Waals surface area contributed by atoms with Gasteiger partial charge in [0.15, 0.2) is 0 Å². The summed E-state index contributed by atoms with van der Waals surface area (Å²) in [7, 11) is 0. The van der Waals surface area contributed by atoms with Gasteiger partial charge in [0.25, 0.3) is 5.71 Å². The van der Waals surface area contributed by atoms with Crippen LogP contribution in [0.3, 0.4) is 0 Å². The van der Waals surface area contributed by atoms with Crippen LogP contribution in [-0.2, 0) is 23.9 Å². The molecule has 0 N–H and O–H groups in total. The number of carbonyl (C=O) groups excluding carboxylic acids is 1. The zero-order valence-corrected chi connectivity index (χ0v) is 17.3. The van der Waals surface area contributed by atoms with Crippen LogP contribution in [-0.4, -0.2) is 48.8 Å². The summed E-state index contributed by atoms with van der Waals surface area (Å²) in [5.41, 5.74) is -0.373.